The lowest BCUT2D eigenvalue weighted by molar-refractivity contribution is -0.302. The minimum Gasteiger partial charge on any atom is -0.481 e. The van der Waals surface area contributed by atoms with Gasteiger partial charge < -0.3 is 79.3 Å². The van der Waals surface area contributed by atoms with Crippen LogP contribution in [0.3, 0.4) is 0 Å². The molecule has 2 rings (SSSR count). The van der Waals surface area contributed by atoms with Gasteiger partial charge >= 0.3 is 29.8 Å². The van der Waals surface area contributed by atoms with Crippen molar-refractivity contribution in [2.45, 2.75) is 238 Å². The van der Waals surface area contributed by atoms with Crippen LogP contribution in [0.5, 0.6) is 0 Å². The second kappa shape index (κ2) is 46.4. The molecule has 2 radical (unpaired) electrons. The van der Waals surface area contributed by atoms with Crippen LogP contribution in [0.1, 0.15) is 173 Å². The van der Waals surface area contributed by atoms with Crippen molar-refractivity contribution in [3.8, 4) is 0 Å². The number of aliphatic hydroxyl groups excluding tert-OH is 5. The molecule has 0 bridgehead atoms. The predicted octanol–water partition coefficient (Wildman–Crippen LogP) is 8.64. The third kappa shape index (κ3) is 31.9. The Hall–Kier alpha value is -3.39. The summed E-state index contributed by atoms with van der Waals surface area (Å²) in [6.45, 7) is 19.8. The van der Waals surface area contributed by atoms with Crippen molar-refractivity contribution in [1.82, 2.24) is 20.5 Å². The number of carboxylic acids is 1. The Bertz CT molecular complexity index is 2560. The first-order valence-electron chi connectivity index (χ1n) is 35.1. The summed E-state index contributed by atoms with van der Waals surface area (Å²) in [5.74, 6) is -3.26. The molecule has 1 saturated heterocycles. The summed E-state index contributed by atoms with van der Waals surface area (Å²) in [6, 6.07) is 5.50. The number of esters is 4. The van der Waals surface area contributed by atoms with Crippen LogP contribution in [0.15, 0.2) is 29.4 Å². The number of aromatic nitrogens is 1. The van der Waals surface area contributed by atoms with Gasteiger partial charge in [0.15, 0.2) is 6.29 Å². The van der Waals surface area contributed by atoms with E-state index >= 15 is 19.2 Å². The molecule has 8 N–H and O–H groups in total. The highest BCUT2D eigenvalue weighted by Gasteiger charge is 2.55. The zero-order valence-electron chi connectivity index (χ0n) is 61.6. The van der Waals surface area contributed by atoms with E-state index in [1.807, 2.05) is 45.0 Å². The van der Waals surface area contributed by atoms with Crippen LogP contribution >= 0.6 is 43.2 Å². The fourth-order valence-corrected chi connectivity index (χ4v) is 15.8. The third-order valence-electron chi connectivity index (χ3n) is 18.1. The molecule has 1 aliphatic heterocycles. The van der Waals surface area contributed by atoms with Gasteiger partial charge in [0, 0.05) is 59.1 Å². The van der Waals surface area contributed by atoms with Crippen LogP contribution in [0, 0.1) is 27.1 Å². The highest BCUT2D eigenvalue weighted by atomic mass is 33.1. The molecule has 2 heterocycles. The largest absolute Gasteiger partial charge is 0.481 e. The lowest BCUT2D eigenvalue weighted by Gasteiger charge is -2.44. The zero-order chi connectivity index (χ0) is 74.5. The van der Waals surface area contributed by atoms with Crippen molar-refractivity contribution >= 4 is 99.4 Å². The Morgan fingerprint density at radius 2 is 1.20 bits per heavy atom. The van der Waals surface area contributed by atoms with Crippen molar-refractivity contribution in [1.29, 1.82) is 0 Å². The monoisotopic (exact) mass is 1470 g/mol. The van der Waals surface area contributed by atoms with Gasteiger partial charge in [0.25, 0.3) is 0 Å². The van der Waals surface area contributed by atoms with Gasteiger partial charge in [-0.1, -0.05) is 138 Å². The van der Waals surface area contributed by atoms with Gasteiger partial charge in [0.2, 0.25) is 11.8 Å². The average Bonchev–Trinajstić information content (AvgIpc) is 0.793. The topological polar surface area (TPSA) is 346 Å². The maximum atomic E-state index is 15.6. The maximum Gasteiger partial charge on any atom is 0.311 e. The summed E-state index contributed by atoms with van der Waals surface area (Å²) in [7, 11) is 13.1. The molecule has 99 heavy (non-hydrogen) atoms. The van der Waals surface area contributed by atoms with Crippen molar-refractivity contribution in [2.75, 3.05) is 104 Å². The second-order valence-corrected chi connectivity index (χ2v) is 33.5. The molecule has 1 aliphatic rings. The second-order valence-electron chi connectivity index (χ2n) is 28.4. The van der Waals surface area contributed by atoms with Crippen LogP contribution < -0.4 is 10.6 Å². The van der Waals surface area contributed by atoms with Gasteiger partial charge in [-0.2, -0.15) is 0 Å². The van der Waals surface area contributed by atoms with E-state index in [1.54, 1.807) is 104 Å². The molecule has 1 aromatic heterocycles. The molecule has 566 valence electrons. The van der Waals surface area contributed by atoms with Crippen LogP contribution in [0.25, 0.3) is 0 Å². The summed E-state index contributed by atoms with van der Waals surface area (Å²) in [5, 5.41) is 65.1. The van der Waals surface area contributed by atoms with E-state index in [0.29, 0.717) is 37.3 Å². The number of unbranched alkanes of at least 4 members (excludes halogenated alkanes) is 5. The highest BCUT2D eigenvalue weighted by Crippen LogP contribution is 2.53. The molecule has 2 amide bonds. The van der Waals surface area contributed by atoms with Crippen LogP contribution in [0.4, 0.5) is 0 Å². The Morgan fingerprint density at radius 1 is 0.616 bits per heavy atom. The van der Waals surface area contributed by atoms with Gasteiger partial charge in [-0.25, -0.2) is 4.98 Å². The average molecular weight is 1480 g/mol. The lowest BCUT2D eigenvalue weighted by atomic mass is 9.41. The summed E-state index contributed by atoms with van der Waals surface area (Å²) in [6.07, 6.45) is -0.308. The molecule has 0 aromatic carbocycles. The van der Waals surface area contributed by atoms with E-state index < -0.39 is 123 Å². The number of carboxylic acid groups (broad SMARTS) is 1. The molecule has 13 atom stereocenters. The lowest BCUT2D eigenvalue weighted by Crippen LogP contribution is -2.59. The first-order valence-corrected chi connectivity index (χ1v) is 39.9. The van der Waals surface area contributed by atoms with Crippen LogP contribution in [0.2, 0.25) is 23.3 Å². The molecular formula is C69H120B2N4O20S4. The van der Waals surface area contributed by atoms with Crippen LogP contribution in [-0.4, -0.2) is 237 Å². The van der Waals surface area contributed by atoms with E-state index in [9.17, 15) is 45.0 Å². The van der Waals surface area contributed by atoms with Gasteiger partial charge in [0.1, 0.15) is 63.8 Å². The molecule has 0 spiro atoms. The Balaban J connectivity index is 2.84. The summed E-state index contributed by atoms with van der Waals surface area (Å²) in [4.78, 5) is 110. The van der Waals surface area contributed by atoms with Crippen molar-refractivity contribution in [2.24, 2.45) is 27.1 Å². The molecule has 7 unspecified atom stereocenters. The van der Waals surface area contributed by atoms with Gasteiger partial charge in [-0.15, -0.1) is 0 Å². The molecule has 0 aliphatic carbocycles. The number of hydrogen-bond donors (Lipinski definition) is 8. The van der Waals surface area contributed by atoms with E-state index in [4.69, 9.17) is 33.2 Å². The van der Waals surface area contributed by atoms with E-state index in [2.05, 4.69) is 22.5 Å². The smallest absolute Gasteiger partial charge is 0.311 e. The van der Waals surface area contributed by atoms with Crippen LogP contribution in [-0.2, 0) is 66.7 Å². The fourth-order valence-electron chi connectivity index (χ4n) is 12.1. The summed E-state index contributed by atoms with van der Waals surface area (Å²) < 4.78 is 40.4. The maximum absolute atomic E-state index is 15.6. The van der Waals surface area contributed by atoms with Crippen molar-refractivity contribution in [3.05, 3.63) is 24.4 Å². The standard InChI is InChI=1S/C69H120B2N4O20S4/c1-15-19-21-22-25-38-96-97-39-29-73-57(82)69(12,71-48-67(10,61(87)92-32-30-75(13)14)45-64(7,59(85)91-31-20-16-2)43-63(6,27-17-3)58(83)84)46-65(8,60(86)94-37-40-98-99-51-26-23-24-28-72-51)44-66(9,56(81)74-41-49(5)77)47-70-68(11,18-4)62(88)93-36-34-89-33-35-90-55-54(80)53(79)52(78)50(42-76)95-55/h23-24,26,28,49-50,52-55,76-80H,15-22,25,27,29-48H2,1-14H3,(H,73,82)(H,74,81)(H,83,84)/t49-,50-,52+,53+,54-,55-,63?,64?,65?,66?,67?,68?,69?/m1/s1. The predicted molar refractivity (Wildman–Crippen MR) is 391 cm³/mol. The number of likely N-dealkylation sites (N-methyl/N-ethyl adjacent to an activating group) is 1. The molecular weight excluding hydrogens is 1350 g/mol. The molecule has 1 aromatic rings. The van der Waals surface area contributed by atoms with Gasteiger partial charge in [-0.3, -0.25) is 33.6 Å². The van der Waals surface area contributed by atoms with E-state index in [-0.39, 0.29) is 111 Å². The first-order chi connectivity index (χ1) is 46.6. The Labute approximate surface area is 607 Å². The molecule has 1 fully saturated rings. The Kier molecular flexibility index (Phi) is 43.0. The number of nitrogens with one attached hydrogen (secondary N) is 2. The number of aliphatic carboxylic acids is 1. The summed E-state index contributed by atoms with van der Waals surface area (Å²) in [5.41, 5.74) is -8.04. The van der Waals surface area contributed by atoms with E-state index in [1.165, 1.54) is 34.9 Å². The molecule has 0 saturated carbocycles. The van der Waals surface area contributed by atoms with Gasteiger partial charge in [0.05, 0.1) is 60.8 Å². The third-order valence-corrected chi connectivity index (χ3v) is 22.8. The van der Waals surface area contributed by atoms with Crippen molar-refractivity contribution < 1.29 is 97.4 Å². The normalized spacial score (nSPS) is 20.9. The fraction of sp³-hybridized carbons (Fsp3) is 0.826. The number of ether oxygens (including phenoxy) is 7. The SMILES string of the molecule is CCCCCCCSSCCNC(=O)C(C)([B]CC(C)(CC(C)(CC(C)(CCC)C(=O)O)C(=O)OCCCC)C(=O)OCCN(C)C)CC(C)(CC(C)(C[B]C(C)(CC)C(=O)OCCOCCO[C@@H]1O[C@H](CO)[C@H](O)[C@H](O)[C@H]1O)C(=O)NC[C@@H](C)O)C(=O)OCCSSc1ccccn1. The molecule has 30 heteroatoms. The molecule has 24 nitrogen and oxygen atoms in total. The van der Waals surface area contributed by atoms with E-state index in [0.717, 1.165) is 36.5 Å². The number of carbonyl (C=O) groups excluding carboxylic acids is 6. The number of hydrogen-bond acceptors (Lipinski definition) is 25. The minimum absolute atomic E-state index is 0.0399. The van der Waals surface area contributed by atoms with Gasteiger partial charge in [-0.05, 0) is 123 Å². The highest BCUT2D eigenvalue weighted by molar-refractivity contribution is 8.77. The minimum atomic E-state index is -1.76. The summed E-state index contributed by atoms with van der Waals surface area (Å²) >= 11 is 0. The number of nitrogens with zero attached hydrogens (tertiary/aromatic N) is 2. The number of amides is 2. The number of aliphatic hydroxyl groups is 5. The quantitative estimate of drug-likeness (QED) is 0.00994. The number of rotatable bonds is 55. The first kappa shape index (κ1) is 91.7. The zero-order valence-corrected chi connectivity index (χ0v) is 64.8. The van der Waals surface area contributed by atoms with Crippen molar-refractivity contribution in [3.63, 3.8) is 0 Å². The number of carbonyl (C=O) groups is 7. The Morgan fingerprint density at radius 3 is 1.82 bits per heavy atom. The number of pyridine rings is 1.